The van der Waals surface area contributed by atoms with Crippen molar-refractivity contribution < 1.29 is 9.66 Å². The Morgan fingerprint density at radius 2 is 2.25 bits per heavy atom. The topological polar surface area (TPSA) is 52.4 Å². The lowest BCUT2D eigenvalue weighted by Crippen LogP contribution is -1.97. The summed E-state index contributed by atoms with van der Waals surface area (Å²) in [6.07, 6.45) is 2.04. The molecule has 0 unspecified atom stereocenters. The first-order chi connectivity index (χ1) is 7.65. The summed E-state index contributed by atoms with van der Waals surface area (Å²) < 4.78 is 5.37. The summed E-state index contributed by atoms with van der Waals surface area (Å²) in [5.74, 6) is 0. The van der Waals surface area contributed by atoms with Crippen molar-refractivity contribution in [2.75, 3.05) is 6.61 Å². The quantitative estimate of drug-likeness (QED) is 0.436. The standard InChI is InChI=1S/C11H14ClNO3/c1-2-3-6-16-8-9-7-10(13(14)15)4-5-11(9)12/h4-5,7H,2-3,6,8H2,1H3. The maximum Gasteiger partial charge on any atom is 0.269 e. The molecule has 88 valence electrons. The predicted octanol–water partition coefficient (Wildman–Crippen LogP) is 3.56. The molecule has 0 bridgehead atoms. The Balaban J connectivity index is 2.63. The first kappa shape index (κ1) is 12.9. The normalized spacial score (nSPS) is 10.4. The van der Waals surface area contributed by atoms with Gasteiger partial charge in [0.15, 0.2) is 0 Å². The minimum absolute atomic E-state index is 0.0403. The Morgan fingerprint density at radius 1 is 1.50 bits per heavy atom. The first-order valence-corrected chi connectivity index (χ1v) is 5.53. The molecule has 0 fully saturated rings. The average Bonchev–Trinajstić information content (AvgIpc) is 2.26. The van der Waals surface area contributed by atoms with Crippen molar-refractivity contribution >= 4 is 17.3 Å². The van der Waals surface area contributed by atoms with E-state index in [1.807, 2.05) is 0 Å². The molecule has 0 aromatic heterocycles. The number of rotatable bonds is 6. The SMILES string of the molecule is CCCCOCc1cc([N+](=O)[O-])ccc1Cl. The van der Waals surface area contributed by atoms with Crippen molar-refractivity contribution in [1.82, 2.24) is 0 Å². The third kappa shape index (κ3) is 3.79. The van der Waals surface area contributed by atoms with Crippen LogP contribution in [0.15, 0.2) is 18.2 Å². The number of halogens is 1. The van der Waals surface area contributed by atoms with E-state index in [4.69, 9.17) is 16.3 Å². The second-order valence-electron chi connectivity index (χ2n) is 3.44. The molecule has 0 aliphatic carbocycles. The van der Waals surface area contributed by atoms with Gasteiger partial charge in [0.1, 0.15) is 0 Å². The fourth-order valence-electron chi connectivity index (χ4n) is 1.21. The van der Waals surface area contributed by atoms with E-state index in [9.17, 15) is 10.1 Å². The highest BCUT2D eigenvalue weighted by molar-refractivity contribution is 6.31. The van der Waals surface area contributed by atoms with E-state index in [-0.39, 0.29) is 5.69 Å². The molecule has 5 heteroatoms. The van der Waals surface area contributed by atoms with Gasteiger partial charge in [0.2, 0.25) is 0 Å². The molecule has 0 radical (unpaired) electrons. The molecule has 1 aromatic carbocycles. The summed E-state index contributed by atoms with van der Waals surface area (Å²) in [4.78, 5) is 10.1. The summed E-state index contributed by atoms with van der Waals surface area (Å²) in [6, 6.07) is 4.37. The van der Waals surface area contributed by atoms with Crippen LogP contribution in [0.3, 0.4) is 0 Å². The number of hydrogen-bond acceptors (Lipinski definition) is 3. The molecule has 0 aliphatic heterocycles. The van der Waals surface area contributed by atoms with E-state index in [0.717, 1.165) is 12.8 Å². The maximum absolute atomic E-state index is 10.6. The molecule has 0 N–H and O–H groups in total. The Labute approximate surface area is 99.3 Å². The van der Waals surface area contributed by atoms with Gasteiger partial charge in [0.25, 0.3) is 5.69 Å². The van der Waals surface area contributed by atoms with Crippen LogP contribution >= 0.6 is 11.6 Å². The highest BCUT2D eigenvalue weighted by atomic mass is 35.5. The van der Waals surface area contributed by atoms with E-state index in [1.54, 1.807) is 0 Å². The number of benzene rings is 1. The molecule has 1 aromatic rings. The Kier molecular flexibility index (Phi) is 5.22. The van der Waals surface area contributed by atoms with Crippen molar-refractivity contribution in [2.45, 2.75) is 26.4 Å². The Morgan fingerprint density at radius 3 is 2.88 bits per heavy atom. The highest BCUT2D eigenvalue weighted by Gasteiger charge is 2.09. The molecule has 0 heterocycles. The zero-order valence-corrected chi connectivity index (χ0v) is 9.87. The fraction of sp³-hybridized carbons (Fsp3) is 0.455. The van der Waals surface area contributed by atoms with Crippen LogP contribution in [0.2, 0.25) is 5.02 Å². The van der Waals surface area contributed by atoms with Crippen molar-refractivity contribution in [3.63, 3.8) is 0 Å². The van der Waals surface area contributed by atoms with Crippen LogP contribution in [0.25, 0.3) is 0 Å². The van der Waals surface area contributed by atoms with Crippen molar-refractivity contribution in [1.29, 1.82) is 0 Å². The van der Waals surface area contributed by atoms with E-state index in [2.05, 4.69) is 6.92 Å². The number of nitrogens with zero attached hydrogens (tertiary/aromatic N) is 1. The van der Waals surface area contributed by atoms with Crippen molar-refractivity contribution in [3.8, 4) is 0 Å². The molecule has 0 atom stereocenters. The van der Waals surface area contributed by atoms with Gasteiger partial charge in [-0.2, -0.15) is 0 Å². The van der Waals surface area contributed by atoms with Gasteiger partial charge in [-0.1, -0.05) is 24.9 Å². The van der Waals surface area contributed by atoms with Gasteiger partial charge in [0.05, 0.1) is 11.5 Å². The van der Waals surface area contributed by atoms with Gasteiger partial charge in [-0.25, -0.2) is 0 Å². The fourth-order valence-corrected chi connectivity index (χ4v) is 1.39. The Bertz CT molecular complexity index is 368. The van der Waals surface area contributed by atoms with Gasteiger partial charge in [0, 0.05) is 29.3 Å². The van der Waals surface area contributed by atoms with Gasteiger partial charge < -0.3 is 4.74 Å². The molecular weight excluding hydrogens is 230 g/mol. The molecule has 0 saturated carbocycles. The predicted molar refractivity (Wildman–Crippen MR) is 62.7 cm³/mol. The minimum Gasteiger partial charge on any atom is -0.377 e. The van der Waals surface area contributed by atoms with Crippen LogP contribution < -0.4 is 0 Å². The summed E-state index contributed by atoms with van der Waals surface area (Å²) in [5.41, 5.74) is 0.700. The van der Waals surface area contributed by atoms with Crippen LogP contribution in [0.5, 0.6) is 0 Å². The number of nitro groups is 1. The smallest absolute Gasteiger partial charge is 0.269 e. The number of unbranched alkanes of at least 4 members (excludes halogenated alkanes) is 1. The van der Waals surface area contributed by atoms with E-state index < -0.39 is 4.92 Å². The molecule has 1 rings (SSSR count). The lowest BCUT2D eigenvalue weighted by Gasteiger charge is -2.05. The lowest BCUT2D eigenvalue weighted by molar-refractivity contribution is -0.384. The number of ether oxygens (including phenoxy) is 1. The van der Waals surface area contributed by atoms with E-state index in [0.29, 0.717) is 23.8 Å². The third-order valence-electron chi connectivity index (χ3n) is 2.14. The molecular formula is C11H14ClNO3. The lowest BCUT2D eigenvalue weighted by atomic mass is 10.2. The van der Waals surface area contributed by atoms with Crippen LogP contribution in [-0.4, -0.2) is 11.5 Å². The molecule has 0 saturated heterocycles. The van der Waals surface area contributed by atoms with Gasteiger partial charge in [-0.05, 0) is 12.5 Å². The number of nitro benzene ring substituents is 1. The van der Waals surface area contributed by atoms with Gasteiger partial charge >= 0.3 is 0 Å². The summed E-state index contributed by atoms with van der Waals surface area (Å²) in [6.45, 7) is 3.04. The average molecular weight is 244 g/mol. The van der Waals surface area contributed by atoms with Crippen molar-refractivity contribution in [2.24, 2.45) is 0 Å². The third-order valence-corrected chi connectivity index (χ3v) is 2.51. The molecule has 0 spiro atoms. The van der Waals surface area contributed by atoms with Crippen LogP contribution in [0.4, 0.5) is 5.69 Å². The monoisotopic (exact) mass is 243 g/mol. The minimum atomic E-state index is -0.439. The maximum atomic E-state index is 10.6. The zero-order chi connectivity index (χ0) is 12.0. The second-order valence-corrected chi connectivity index (χ2v) is 3.85. The molecule has 16 heavy (non-hydrogen) atoms. The molecule has 0 amide bonds. The van der Waals surface area contributed by atoms with Crippen LogP contribution in [0, 0.1) is 10.1 Å². The highest BCUT2D eigenvalue weighted by Crippen LogP contribution is 2.22. The second kappa shape index (κ2) is 6.45. The molecule has 4 nitrogen and oxygen atoms in total. The van der Waals surface area contributed by atoms with E-state index in [1.165, 1.54) is 18.2 Å². The van der Waals surface area contributed by atoms with Crippen LogP contribution in [0.1, 0.15) is 25.3 Å². The zero-order valence-electron chi connectivity index (χ0n) is 9.11. The summed E-state index contributed by atoms with van der Waals surface area (Å²) in [5, 5.41) is 11.1. The number of hydrogen-bond donors (Lipinski definition) is 0. The largest absolute Gasteiger partial charge is 0.377 e. The number of non-ortho nitro benzene ring substituents is 1. The Hall–Kier alpha value is -1.13. The van der Waals surface area contributed by atoms with Crippen LogP contribution in [-0.2, 0) is 11.3 Å². The summed E-state index contributed by atoms with van der Waals surface area (Å²) >= 11 is 5.91. The van der Waals surface area contributed by atoms with Gasteiger partial charge in [-0.15, -0.1) is 0 Å². The van der Waals surface area contributed by atoms with Gasteiger partial charge in [-0.3, -0.25) is 10.1 Å². The first-order valence-electron chi connectivity index (χ1n) is 5.15. The van der Waals surface area contributed by atoms with Crippen molar-refractivity contribution in [3.05, 3.63) is 38.9 Å². The summed E-state index contributed by atoms with van der Waals surface area (Å²) in [7, 11) is 0. The van der Waals surface area contributed by atoms with E-state index >= 15 is 0 Å². The molecule has 0 aliphatic rings.